The Hall–Kier alpha value is -0.280. The summed E-state index contributed by atoms with van der Waals surface area (Å²) in [5, 5.41) is 0. The summed E-state index contributed by atoms with van der Waals surface area (Å²) in [6.45, 7) is 17.3. The molecule has 6 rings (SSSR count). The second-order valence-corrected chi connectivity index (χ2v) is 11.8. The summed E-state index contributed by atoms with van der Waals surface area (Å²) in [6, 6.07) is 7.06. The van der Waals surface area contributed by atoms with Gasteiger partial charge in [-0.1, -0.05) is 45.9 Å². The molecule has 2 N–H and O–H groups in total. The van der Waals surface area contributed by atoms with E-state index < -0.39 is 0 Å². The average Bonchev–Trinajstić information content (AvgIpc) is 2.89. The maximum atomic E-state index is 2.78. The summed E-state index contributed by atoms with van der Waals surface area (Å²) in [5.41, 5.74) is 5.33. The van der Waals surface area contributed by atoms with Gasteiger partial charge in [-0.2, -0.15) is 6.42 Å². The van der Waals surface area contributed by atoms with E-state index in [0.717, 1.165) is 23.7 Å². The van der Waals surface area contributed by atoms with E-state index in [-0.39, 0.29) is 34.1 Å². The summed E-state index contributed by atoms with van der Waals surface area (Å²) >= 11 is 0. The Morgan fingerprint density at radius 2 is 1.33 bits per heavy atom. The van der Waals surface area contributed by atoms with Gasteiger partial charge in [-0.3, -0.25) is 0 Å². The Labute approximate surface area is 201 Å². The van der Waals surface area contributed by atoms with Crippen LogP contribution in [0.2, 0.25) is 0 Å². The fraction of sp³-hybridized carbons (Fsp3) is 0.741. The number of anilines is 1. The van der Waals surface area contributed by atoms with Crippen LogP contribution in [0.1, 0.15) is 103 Å². The van der Waals surface area contributed by atoms with Crippen LogP contribution in [0.25, 0.3) is 6.15 Å². The molecule has 0 aromatic heterocycles. The predicted molar refractivity (Wildman–Crippen MR) is 125 cm³/mol. The van der Waals surface area contributed by atoms with Crippen LogP contribution in [0.3, 0.4) is 0 Å². The minimum absolute atomic E-state index is 0. The monoisotopic (exact) mass is 591 g/mol. The molecule has 173 valence electrons. The largest absolute Gasteiger partial charge is 0.693 e. The van der Waals surface area contributed by atoms with E-state index in [1.807, 2.05) is 0 Å². The molecule has 30 heavy (non-hydrogen) atoms. The molecule has 1 aromatic rings. The fourth-order valence-corrected chi connectivity index (χ4v) is 8.46. The van der Waals surface area contributed by atoms with Crippen molar-refractivity contribution in [1.82, 2.24) is 0 Å². The van der Waals surface area contributed by atoms with Crippen LogP contribution in [0.5, 0.6) is 0 Å². The second kappa shape index (κ2) is 8.25. The van der Waals surface area contributed by atoms with E-state index in [9.17, 15) is 0 Å². The molecule has 1 spiro atoms. The van der Waals surface area contributed by atoms with E-state index >= 15 is 0 Å². The van der Waals surface area contributed by atoms with Crippen molar-refractivity contribution < 1.29 is 22.4 Å². The Morgan fingerprint density at radius 1 is 0.867 bits per heavy atom. The Morgan fingerprint density at radius 3 is 1.77 bits per heavy atom. The van der Waals surface area contributed by atoms with Gasteiger partial charge in [-0.05, 0) is 98.0 Å². The Kier molecular flexibility index (Phi) is 6.70. The van der Waals surface area contributed by atoms with E-state index in [2.05, 4.69) is 71.2 Å². The van der Waals surface area contributed by atoms with E-state index in [0.29, 0.717) is 17.3 Å². The van der Waals surface area contributed by atoms with Gasteiger partial charge in [0.2, 0.25) is 0 Å². The normalized spacial score (nSPS) is 35.8. The van der Waals surface area contributed by atoms with Gasteiger partial charge in [-0.25, -0.2) is 6.54 Å². The SMILES string of the molecule is CC(C)c1cccc(C(C)C)c1N1[CH-]CC2(C3CC4CC(C3)CC2C4)C1(C)C.[Au].[NH2-]. The van der Waals surface area contributed by atoms with Gasteiger partial charge in [-0.15, -0.1) is 0 Å². The molecule has 1 aromatic carbocycles. The number of rotatable bonds is 3. The zero-order valence-corrected chi connectivity index (χ0v) is 22.0. The van der Waals surface area contributed by atoms with Crippen LogP contribution >= 0.6 is 0 Å². The molecule has 1 saturated heterocycles. The molecule has 1 aliphatic heterocycles. The molecule has 5 fully saturated rings. The first-order chi connectivity index (χ1) is 13.3. The number of nitrogens with two attached hydrogens (primary N) is 1. The summed E-state index contributed by atoms with van der Waals surface area (Å²) < 4.78 is 0. The zero-order valence-electron chi connectivity index (χ0n) is 19.8. The Balaban J connectivity index is 0.00000128. The van der Waals surface area contributed by atoms with Gasteiger partial charge in [0.05, 0.1) is 0 Å². The third kappa shape index (κ3) is 3.19. The van der Waals surface area contributed by atoms with Crippen LogP contribution in [-0.2, 0) is 22.4 Å². The van der Waals surface area contributed by atoms with Crippen LogP contribution in [-0.4, -0.2) is 5.54 Å². The van der Waals surface area contributed by atoms with Crippen molar-refractivity contribution in [3.05, 3.63) is 42.0 Å². The maximum Gasteiger partial charge on any atom is 0.0145 e. The van der Waals surface area contributed by atoms with E-state index in [4.69, 9.17) is 0 Å². The minimum atomic E-state index is 0. The average molecular weight is 592 g/mol. The molecule has 1 heterocycles. The molecule has 0 atom stereocenters. The molecular formula is C27H42AuN2-2. The number of nitrogens with zero attached hydrogens (tertiary/aromatic N) is 1. The van der Waals surface area contributed by atoms with Crippen molar-refractivity contribution in [2.24, 2.45) is 29.1 Å². The van der Waals surface area contributed by atoms with Crippen LogP contribution in [0.15, 0.2) is 18.2 Å². The quantitative estimate of drug-likeness (QED) is 0.258. The van der Waals surface area contributed by atoms with Crippen molar-refractivity contribution in [3.63, 3.8) is 0 Å². The third-order valence-electron chi connectivity index (χ3n) is 9.53. The fourth-order valence-electron chi connectivity index (χ4n) is 8.46. The number of para-hydroxylation sites is 1. The third-order valence-corrected chi connectivity index (χ3v) is 9.53. The van der Waals surface area contributed by atoms with Crippen molar-refractivity contribution >= 4 is 5.69 Å². The molecule has 4 saturated carbocycles. The first-order valence-corrected chi connectivity index (χ1v) is 12.0. The van der Waals surface area contributed by atoms with Gasteiger partial charge < -0.3 is 11.1 Å². The number of hydrogen-bond donors (Lipinski definition) is 0. The van der Waals surface area contributed by atoms with Gasteiger partial charge in [0.15, 0.2) is 0 Å². The van der Waals surface area contributed by atoms with Crippen molar-refractivity contribution in [1.29, 1.82) is 0 Å². The van der Waals surface area contributed by atoms with Crippen molar-refractivity contribution in [3.8, 4) is 0 Å². The van der Waals surface area contributed by atoms with Gasteiger partial charge in [0, 0.05) is 33.6 Å². The molecule has 0 amide bonds. The summed E-state index contributed by atoms with van der Waals surface area (Å²) in [4.78, 5) is 2.78. The first-order valence-electron chi connectivity index (χ1n) is 12.0. The smallest absolute Gasteiger partial charge is 0.0145 e. The maximum absolute atomic E-state index is 2.78. The standard InChI is InChI=1S/C27H40N.Au.H2N/c1-17(2)23-8-7-9-24(18(3)4)25(23)28-11-10-27(26(28,5)6)21-13-19-12-20(15-21)16-22(27)14-19;;/h7-9,11,17-22H,10,12-16H2,1-6H3;;1H2/q-1;;-1. The molecular weight excluding hydrogens is 549 g/mol. The van der Waals surface area contributed by atoms with E-state index in [1.165, 1.54) is 43.2 Å². The summed E-state index contributed by atoms with van der Waals surface area (Å²) in [6.07, 6.45) is 8.91. The molecule has 2 nitrogen and oxygen atoms in total. The number of benzene rings is 1. The van der Waals surface area contributed by atoms with Crippen molar-refractivity contribution in [2.45, 2.75) is 97.4 Å². The molecule has 0 unspecified atom stereocenters. The molecule has 4 bridgehead atoms. The molecule has 1 radical (unpaired) electrons. The molecule has 3 heteroatoms. The van der Waals surface area contributed by atoms with E-state index in [1.54, 1.807) is 12.1 Å². The van der Waals surface area contributed by atoms with Crippen LogP contribution < -0.4 is 4.90 Å². The Bertz CT molecular complexity index is 712. The summed E-state index contributed by atoms with van der Waals surface area (Å²) in [7, 11) is 0. The first kappa shape index (κ1) is 24.4. The van der Waals surface area contributed by atoms with Gasteiger partial charge in [0.1, 0.15) is 0 Å². The molecule has 5 aliphatic rings. The topological polar surface area (TPSA) is 36.7 Å². The predicted octanol–water partition coefficient (Wildman–Crippen LogP) is 8.24. The van der Waals surface area contributed by atoms with Crippen LogP contribution in [0.4, 0.5) is 5.69 Å². The summed E-state index contributed by atoms with van der Waals surface area (Å²) in [5.74, 6) is 5.13. The minimum Gasteiger partial charge on any atom is -0.693 e. The van der Waals surface area contributed by atoms with Crippen molar-refractivity contribution in [2.75, 3.05) is 4.90 Å². The second-order valence-electron chi connectivity index (χ2n) is 11.8. The van der Waals surface area contributed by atoms with Gasteiger partial charge >= 0.3 is 0 Å². The molecule has 4 aliphatic carbocycles. The van der Waals surface area contributed by atoms with Gasteiger partial charge in [0.25, 0.3) is 0 Å². The number of hydrogen-bond acceptors (Lipinski definition) is 1. The van der Waals surface area contributed by atoms with Crippen LogP contribution in [0, 0.1) is 35.6 Å². The zero-order chi connectivity index (χ0) is 19.8.